The minimum Gasteiger partial charge on any atom is -0.376 e. The Kier molecular flexibility index (Phi) is 6.63. The van der Waals surface area contributed by atoms with Gasteiger partial charge in [-0.3, -0.25) is 9.59 Å². The summed E-state index contributed by atoms with van der Waals surface area (Å²) in [4.78, 5) is 22.8. The lowest BCUT2D eigenvalue weighted by Crippen LogP contribution is -2.31. The fourth-order valence-electron chi connectivity index (χ4n) is 2.16. The number of carbonyl (C=O) groups is 2. The average Bonchev–Trinajstić information content (AvgIpc) is 2.54. The minimum atomic E-state index is -0.116. The van der Waals surface area contributed by atoms with E-state index in [1.54, 1.807) is 12.1 Å². The van der Waals surface area contributed by atoms with Gasteiger partial charge in [0.1, 0.15) is 0 Å². The number of anilines is 2. The van der Waals surface area contributed by atoms with Crippen LogP contribution in [0.4, 0.5) is 11.4 Å². The van der Waals surface area contributed by atoms with Crippen molar-refractivity contribution in [1.82, 2.24) is 5.32 Å². The van der Waals surface area contributed by atoms with Gasteiger partial charge in [0.2, 0.25) is 11.8 Å². The van der Waals surface area contributed by atoms with Gasteiger partial charge in [0.15, 0.2) is 0 Å². The third-order valence-electron chi connectivity index (χ3n) is 3.28. The van der Waals surface area contributed by atoms with Gasteiger partial charge < -0.3 is 16.0 Å². The lowest BCUT2D eigenvalue weighted by Gasteiger charge is -2.09. The molecule has 0 saturated carbocycles. The summed E-state index contributed by atoms with van der Waals surface area (Å²) in [5.41, 5.74) is 2.62. The molecule has 3 N–H and O–H groups in total. The Hall–Kier alpha value is -2.53. The van der Waals surface area contributed by atoms with E-state index in [0.717, 1.165) is 23.4 Å². The number of nitrogens with one attached hydrogen (secondary N) is 3. The summed E-state index contributed by atoms with van der Waals surface area (Å²) in [6, 6.07) is 14.8. The fraction of sp³-hybridized carbons (Fsp3) is 0.222. The quantitative estimate of drug-likeness (QED) is 0.722. The van der Waals surface area contributed by atoms with Gasteiger partial charge in [0.05, 0.1) is 6.54 Å². The Morgan fingerprint density at radius 2 is 1.75 bits per heavy atom. The van der Waals surface area contributed by atoms with Crippen LogP contribution in [0, 0.1) is 0 Å². The third kappa shape index (κ3) is 6.30. The molecule has 126 valence electrons. The zero-order valence-corrected chi connectivity index (χ0v) is 14.2. The van der Waals surface area contributed by atoms with Gasteiger partial charge in [0, 0.05) is 29.9 Å². The Balaban J connectivity index is 1.70. The van der Waals surface area contributed by atoms with Crippen molar-refractivity contribution in [2.45, 2.75) is 13.3 Å². The molecule has 0 fully saturated rings. The van der Waals surface area contributed by atoms with Crippen molar-refractivity contribution in [1.29, 1.82) is 0 Å². The summed E-state index contributed by atoms with van der Waals surface area (Å²) in [5.74, 6) is -0.197. The van der Waals surface area contributed by atoms with Gasteiger partial charge in [-0.2, -0.15) is 0 Å². The highest BCUT2D eigenvalue weighted by molar-refractivity contribution is 6.30. The van der Waals surface area contributed by atoms with Crippen LogP contribution in [0.1, 0.15) is 12.5 Å². The average molecular weight is 346 g/mol. The summed E-state index contributed by atoms with van der Waals surface area (Å²) < 4.78 is 0. The van der Waals surface area contributed by atoms with Crippen LogP contribution in [0.15, 0.2) is 48.5 Å². The van der Waals surface area contributed by atoms with E-state index in [1.165, 1.54) is 6.92 Å². The topological polar surface area (TPSA) is 70.2 Å². The van der Waals surface area contributed by atoms with Gasteiger partial charge in [-0.05, 0) is 48.4 Å². The van der Waals surface area contributed by atoms with E-state index in [1.807, 2.05) is 36.4 Å². The zero-order chi connectivity index (χ0) is 17.4. The Morgan fingerprint density at radius 3 is 2.42 bits per heavy atom. The van der Waals surface area contributed by atoms with Crippen LogP contribution >= 0.6 is 11.6 Å². The number of rotatable bonds is 7. The van der Waals surface area contributed by atoms with E-state index >= 15 is 0 Å². The second kappa shape index (κ2) is 8.93. The van der Waals surface area contributed by atoms with Crippen LogP contribution in [0.2, 0.25) is 5.02 Å². The highest BCUT2D eigenvalue weighted by Crippen LogP contribution is 2.13. The van der Waals surface area contributed by atoms with E-state index in [4.69, 9.17) is 11.6 Å². The lowest BCUT2D eigenvalue weighted by molar-refractivity contribution is -0.119. The normalized spacial score (nSPS) is 10.1. The second-order valence-electron chi connectivity index (χ2n) is 5.34. The van der Waals surface area contributed by atoms with Gasteiger partial charge in [-0.15, -0.1) is 0 Å². The molecule has 0 aliphatic carbocycles. The summed E-state index contributed by atoms with van der Waals surface area (Å²) >= 11 is 5.92. The van der Waals surface area contributed by atoms with Crippen LogP contribution in [0.3, 0.4) is 0 Å². The standard InChI is InChI=1S/C18H20ClN3O2/c1-13(23)22-17-7-5-16(6-8-17)21-12-18(24)20-10-9-14-3-2-4-15(19)11-14/h2-8,11,21H,9-10,12H2,1H3,(H,20,24)(H,22,23). The largest absolute Gasteiger partial charge is 0.376 e. The second-order valence-corrected chi connectivity index (χ2v) is 5.78. The van der Waals surface area contributed by atoms with Gasteiger partial charge >= 0.3 is 0 Å². The Labute approximate surface area is 146 Å². The number of carbonyl (C=O) groups excluding carboxylic acids is 2. The molecule has 2 aromatic carbocycles. The molecule has 0 unspecified atom stereocenters. The molecule has 0 spiro atoms. The lowest BCUT2D eigenvalue weighted by atomic mass is 10.1. The van der Waals surface area contributed by atoms with Crippen LogP contribution in [-0.4, -0.2) is 24.9 Å². The molecule has 6 heteroatoms. The molecule has 0 aliphatic heterocycles. The highest BCUT2D eigenvalue weighted by Gasteiger charge is 2.02. The molecule has 0 bridgehead atoms. The first-order valence-corrected chi connectivity index (χ1v) is 8.03. The maximum absolute atomic E-state index is 11.8. The summed E-state index contributed by atoms with van der Waals surface area (Å²) in [5, 5.41) is 9.28. The molecular weight excluding hydrogens is 326 g/mol. The molecule has 24 heavy (non-hydrogen) atoms. The van der Waals surface area contributed by atoms with Crippen LogP contribution in [0.25, 0.3) is 0 Å². The Morgan fingerprint density at radius 1 is 1.04 bits per heavy atom. The minimum absolute atomic E-state index is 0.0806. The molecule has 0 atom stereocenters. The molecule has 5 nitrogen and oxygen atoms in total. The molecule has 0 aromatic heterocycles. The number of hydrogen-bond acceptors (Lipinski definition) is 3. The van der Waals surface area contributed by atoms with E-state index < -0.39 is 0 Å². The SMILES string of the molecule is CC(=O)Nc1ccc(NCC(=O)NCCc2cccc(Cl)c2)cc1. The van der Waals surface area contributed by atoms with Crippen molar-refractivity contribution < 1.29 is 9.59 Å². The van der Waals surface area contributed by atoms with Crippen molar-refractivity contribution in [2.24, 2.45) is 0 Å². The smallest absolute Gasteiger partial charge is 0.239 e. The van der Waals surface area contributed by atoms with E-state index in [9.17, 15) is 9.59 Å². The first kappa shape index (κ1) is 17.8. The molecule has 0 radical (unpaired) electrons. The summed E-state index contributed by atoms with van der Waals surface area (Å²) in [6.45, 7) is 2.21. The first-order chi connectivity index (χ1) is 11.5. The summed E-state index contributed by atoms with van der Waals surface area (Å²) in [7, 11) is 0. The summed E-state index contributed by atoms with van der Waals surface area (Å²) in [6.07, 6.45) is 0.734. The van der Waals surface area contributed by atoms with Crippen molar-refractivity contribution in [3.63, 3.8) is 0 Å². The number of halogens is 1. The molecule has 0 heterocycles. The molecule has 2 rings (SSSR count). The number of benzene rings is 2. The Bertz CT molecular complexity index is 702. The van der Waals surface area contributed by atoms with Crippen molar-refractivity contribution >= 4 is 34.8 Å². The predicted octanol–water partition coefficient (Wildman–Crippen LogP) is 3.07. The monoisotopic (exact) mass is 345 g/mol. The predicted molar refractivity (Wildman–Crippen MR) is 97.4 cm³/mol. The molecule has 2 aromatic rings. The number of hydrogen-bond donors (Lipinski definition) is 3. The van der Waals surface area contributed by atoms with Gasteiger partial charge in [-0.1, -0.05) is 23.7 Å². The van der Waals surface area contributed by atoms with E-state index in [0.29, 0.717) is 11.6 Å². The molecular formula is C18H20ClN3O2. The molecule has 2 amide bonds. The number of amides is 2. The van der Waals surface area contributed by atoms with Gasteiger partial charge in [0.25, 0.3) is 0 Å². The van der Waals surface area contributed by atoms with E-state index in [2.05, 4.69) is 16.0 Å². The van der Waals surface area contributed by atoms with E-state index in [-0.39, 0.29) is 18.4 Å². The maximum Gasteiger partial charge on any atom is 0.239 e. The zero-order valence-electron chi connectivity index (χ0n) is 13.4. The first-order valence-electron chi connectivity index (χ1n) is 7.65. The van der Waals surface area contributed by atoms with Crippen molar-refractivity contribution in [3.8, 4) is 0 Å². The van der Waals surface area contributed by atoms with Gasteiger partial charge in [-0.25, -0.2) is 0 Å². The third-order valence-corrected chi connectivity index (χ3v) is 3.52. The highest BCUT2D eigenvalue weighted by atomic mass is 35.5. The van der Waals surface area contributed by atoms with Crippen molar-refractivity contribution in [2.75, 3.05) is 23.7 Å². The van der Waals surface area contributed by atoms with Crippen LogP contribution in [0.5, 0.6) is 0 Å². The van der Waals surface area contributed by atoms with Crippen LogP contribution < -0.4 is 16.0 Å². The van der Waals surface area contributed by atoms with Crippen molar-refractivity contribution in [3.05, 3.63) is 59.1 Å². The molecule has 0 saturated heterocycles. The molecule has 0 aliphatic rings. The fourth-order valence-corrected chi connectivity index (χ4v) is 2.37. The van der Waals surface area contributed by atoms with Crippen LogP contribution in [-0.2, 0) is 16.0 Å². The maximum atomic E-state index is 11.8.